The van der Waals surface area contributed by atoms with Gasteiger partial charge in [-0.1, -0.05) is 59.1 Å². The second-order valence-electron chi connectivity index (χ2n) is 6.03. The molecule has 2 nitrogen and oxygen atoms in total. The first-order chi connectivity index (χ1) is 13.0. The lowest BCUT2D eigenvalue weighted by Crippen LogP contribution is -2.03. The molecule has 1 N–H and O–H groups in total. The summed E-state index contributed by atoms with van der Waals surface area (Å²) >= 11 is 18.8. The van der Waals surface area contributed by atoms with Crippen LogP contribution in [-0.2, 0) is 13.2 Å². The zero-order valence-corrected chi connectivity index (χ0v) is 16.8. The Labute approximate surface area is 172 Å². The summed E-state index contributed by atoms with van der Waals surface area (Å²) in [5.74, 6) is 0.00623. The van der Waals surface area contributed by atoms with Gasteiger partial charge in [-0.05, 0) is 48.4 Å². The number of hydrogen-bond acceptors (Lipinski definition) is 2. The van der Waals surface area contributed by atoms with Crippen molar-refractivity contribution in [3.05, 3.63) is 92.2 Å². The number of benzene rings is 3. The summed E-state index contributed by atoms with van der Waals surface area (Å²) in [6, 6.07) is 15.6. The van der Waals surface area contributed by atoms with E-state index in [-0.39, 0.29) is 12.4 Å². The summed E-state index contributed by atoms with van der Waals surface area (Å²) in [6.07, 6.45) is 0. The van der Waals surface area contributed by atoms with Gasteiger partial charge in [-0.15, -0.1) is 0 Å². The Hall–Kier alpha value is -1.94. The predicted octanol–water partition coefficient (Wildman–Crippen LogP) is 7.29. The van der Waals surface area contributed by atoms with Gasteiger partial charge in [0.1, 0.15) is 12.4 Å². The molecule has 27 heavy (non-hydrogen) atoms. The van der Waals surface area contributed by atoms with Crippen LogP contribution < -0.4 is 10.1 Å². The summed E-state index contributed by atoms with van der Waals surface area (Å²) in [5, 5.41) is 4.77. The molecule has 0 amide bonds. The zero-order valence-electron chi connectivity index (χ0n) is 14.5. The minimum atomic E-state index is -0.331. The van der Waals surface area contributed by atoms with Crippen molar-refractivity contribution < 1.29 is 9.13 Å². The SMILES string of the molecule is Cc1c(Cl)cccc1NCc1cc(Cl)c(OCc2ccccc2F)c(Cl)c1. The molecule has 0 spiro atoms. The first-order valence-corrected chi connectivity index (χ1v) is 9.42. The van der Waals surface area contributed by atoms with Crippen molar-refractivity contribution in [2.75, 3.05) is 5.32 Å². The molecule has 3 aromatic carbocycles. The maximum absolute atomic E-state index is 13.7. The molecule has 0 bridgehead atoms. The molecule has 0 radical (unpaired) electrons. The molecule has 0 saturated carbocycles. The molecular formula is C21H17Cl3FNO. The van der Waals surface area contributed by atoms with Crippen molar-refractivity contribution in [3.63, 3.8) is 0 Å². The normalized spacial score (nSPS) is 10.7. The van der Waals surface area contributed by atoms with E-state index in [1.54, 1.807) is 30.3 Å². The van der Waals surface area contributed by atoms with E-state index in [2.05, 4.69) is 5.32 Å². The lowest BCUT2D eigenvalue weighted by atomic mass is 10.1. The molecule has 0 aliphatic rings. The molecule has 0 heterocycles. The van der Waals surface area contributed by atoms with Crippen LogP contribution in [0.2, 0.25) is 15.1 Å². The van der Waals surface area contributed by atoms with Crippen LogP contribution in [0.4, 0.5) is 10.1 Å². The van der Waals surface area contributed by atoms with Crippen molar-refractivity contribution in [1.29, 1.82) is 0 Å². The molecule has 0 atom stereocenters. The summed E-state index contributed by atoms with van der Waals surface area (Å²) in [5.41, 5.74) is 3.24. The maximum atomic E-state index is 13.7. The smallest absolute Gasteiger partial charge is 0.156 e. The van der Waals surface area contributed by atoms with Gasteiger partial charge in [-0.25, -0.2) is 4.39 Å². The highest BCUT2D eigenvalue weighted by atomic mass is 35.5. The number of rotatable bonds is 6. The van der Waals surface area contributed by atoms with Crippen LogP contribution >= 0.6 is 34.8 Å². The van der Waals surface area contributed by atoms with E-state index < -0.39 is 0 Å². The largest absolute Gasteiger partial charge is 0.486 e. The van der Waals surface area contributed by atoms with Crippen molar-refractivity contribution in [1.82, 2.24) is 0 Å². The lowest BCUT2D eigenvalue weighted by Gasteiger charge is -2.14. The van der Waals surface area contributed by atoms with E-state index in [0.29, 0.717) is 32.9 Å². The highest BCUT2D eigenvalue weighted by Gasteiger charge is 2.12. The van der Waals surface area contributed by atoms with Gasteiger partial charge in [-0.3, -0.25) is 0 Å². The molecule has 0 aromatic heterocycles. The summed E-state index contributed by atoms with van der Waals surface area (Å²) < 4.78 is 19.4. The average Bonchev–Trinajstić information content (AvgIpc) is 2.63. The molecule has 0 saturated heterocycles. The molecule has 0 aliphatic heterocycles. The number of ether oxygens (including phenoxy) is 1. The van der Waals surface area contributed by atoms with E-state index >= 15 is 0 Å². The third kappa shape index (κ3) is 4.86. The number of nitrogens with one attached hydrogen (secondary N) is 1. The molecule has 6 heteroatoms. The molecule has 0 fully saturated rings. The quantitative estimate of drug-likeness (QED) is 0.449. The molecule has 0 unspecified atom stereocenters. The van der Waals surface area contributed by atoms with E-state index in [1.165, 1.54) is 6.07 Å². The Morgan fingerprint density at radius 1 is 0.926 bits per heavy atom. The van der Waals surface area contributed by atoms with Crippen molar-refractivity contribution in [3.8, 4) is 5.75 Å². The molecule has 3 aromatic rings. The number of anilines is 1. The monoisotopic (exact) mass is 423 g/mol. The predicted molar refractivity (Wildman–Crippen MR) is 111 cm³/mol. The number of hydrogen-bond donors (Lipinski definition) is 1. The Kier molecular flexibility index (Phi) is 6.48. The third-order valence-corrected chi connectivity index (χ3v) is 5.11. The van der Waals surface area contributed by atoms with Crippen LogP contribution in [0.3, 0.4) is 0 Å². The van der Waals surface area contributed by atoms with Gasteiger partial charge >= 0.3 is 0 Å². The lowest BCUT2D eigenvalue weighted by molar-refractivity contribution is 0.300. The maximum Gasteiger partial charge on any atom is 0.156 e. The molecular weight excluding hydrogens is 408 g/mol. The first-order valence-electron chi connectivity index (χ1n) is 8.29. The first kappa shape index (κ1) is 19.8. The average molecular weight is 425 g/mol. The van der Waals surface area contributed by atoms with Crippen molar-refractivity contribution >= 4 is 40.5 Å². The fourth-order valence-electron chi connectivity index (χ4n) is 2.61. The van der Waals surface area contributed by atoms with E-state index in [9.17, 15) is 4.39 Å². The Morgan fingerprint density at radius 2 is 1.63 bits per heavy atom. The molecule has 140 valence electrons. The van der Waals surface area contributed by atoms with Crippen LogP contribution in [0.25, 0.3) is 0 Å². The topological polar surface area (TPSA) is 21.3 Å². The summed E-state index contributed by atoms with van der Waals surface area (Å²) in [7, 11) is 0. The Bertz CT molecular complexity index is 939. The zero-order chi connectivity index (χ0) is 19.4. The second kappa shape index (κ2) is 8.83. The molecule has 3 rings (SSSR count). The van der Waals surface area contributed by atoms with Gasteiger partial charge < -0.3 is 10.1 Å². The van der Waals surface area contributed by atoms with Crippen LogP contribution in [0.1, 0.15) is 16.7 Å². The van der Waals surface area contributed by atoms with Gasteiger partial charge in [0.15, 0.2) is 5.75 Å². The van der Waals surface area contributed by atoms with Crippen LogP contribution in [-0.4, -0.2) is 0 Å². The van der Waals surface area contributed by atoms with Crippen molar-refractivity contribution in [2.45, 2.75) is 20.1 Å². The summed E-state index contributed by atoms with van der Waals surface area (Å²) in [4.78, 5) is 0. The number of halogens is 4. The van der Waals surface area contributed by atoms with Gasteiger partial charge in [0.25, 0.3) is 0 Å². The van der Waals surface area contributed by atoms with Crippen LogP contribution in [0.15, 0.2) is 54.6 Å². The van der Waals surface area contributed by atoms with Gasteiger partial charge in [0.2, 0.25) is 0 Å². The fraction of sp³-hybridized carbons (Fsp3) is 0.143. The minimum Gasteiger partial charge on any atom is -0.486 e. The van der Waals surface area contributed by atoms with E-state index in [1.807, 2.05) is 25.1 Å². The third-order valence-electron chi connectivity index (χ3n) is 4.14. The van der Waals surface area contributed by atoms with Crippen LogP contribution in [0, 0.1) is 12.7 Å². The van der Waals surface area contributed by atoms with Gasteiger partial charge in [0.05, 0.1) is 10.0 Å². The standard InChI is InChI=1S/C21H17Cl3FNO/c1-13-16(22)6-4-8-20(13)26-11-14-9-17(23)21(18(24)10-14)27-12-15-5-2-3-7-19(15)25/h2-10,26H,11-12H2,1H3. The minimum absolute atomic E-state index is 0.0470. The highest BCUT2D eigenvalue weighted by molar-refractivity contribution is 6.37. The van der Waals surface area contributed by atoms with E-state index in [0.717, 1.165) is 16.8 Å². The second-order valence-corrected chi connectivity index (χ2v) is 7.26. The van der Waals surface area contributed by atoms with E-state index in [4.69, 9.17) is 39.5 Å². The summed E-state index contributed by atoms with van der Waals surface area (Å²) in [6.45, 7) is 2.52. The molecule has 0 aliphatic carbocycles. The van der Waals surface area contributed by atoms with Crippen molar-refractivity contribution in [2.24, 2.45) is 0 Å². The van der Waals surface area contributed by atoms with Gasteiger partial charge in [-0.2, -0.15) is 0 Å². The Balaban J connectivity index is 1.71. The van der Waals surface area contributed by atoms with Crippen LogP contribution in [0.5, 0.6) is 5.75 Å². The van der Waals surface area contributed by atoms with Gasteiger partial charge in [0, 0.05) is 22.8 Å². The Morgan fingerprint density at radius 3 is 2.33 bits per heavy atom. The fourth-order valence-corrected chi connectivity index (χ4v) is 3.43. The highest BCUT2D eigenvalue weighted by Crippen LogP contribution is 2.35.